The van der Waals surface area contributed by atoms with E-state index >= 15 is 0 Å². The van der Waals surface area contributed by atoms with E-state index in [1.807, 2.05) is 10.9 Å². The van der Waals surface area contributed by atoms with E-state index in [0.717, 1.165) is 31.7 Å². The molecule has 94 valence electrons. The summed E-state index contributed by atoms with van der Waals surface area (Å²) in [4.78, 5) is 10.5. The van der Waals surface area contributed by atoms with Crippen LogP contribution in [0.25, 0.3) is 0 Å². The predicted octanol–water partition coefficient (Wildman–Crippen LogP) is 1.33. The number of hydrogen-bond donors (Lipinski definition) is 1. The number of nitrogens with zero attached hydrogens (tertiary/aromatic N) is 2. The van der Waals surface area contributed by atoms with Crippen molar-refractivity contribution in [3.8, 4) is 0 Å². The van der Waals surface area contributed by atoms with Gasteiger partial charge in [0, 0.05) is 31.7 Å². The summed E-state index contributed by atoms with van der Waals surface area (Å²) in [6.45, 7) is 2.55. The summed E-state index contributed by atoms with van der Waals surface area (Å²) in [5, 5.41) is 12.9. The van der Waals surface area contributed by atoms with Crippen LogP contribution in [-0.4, -0.2) is 34.1 Å². The number of carboxylic acids is 1. The van der Waals surface area contributed by atoms with E-state index in [4.69, 9.17) is 9.84 Å². The molecule has 0 unspecified atom stereocenters. The highest BCUT2D eigenvalue weighted by Gasteiger charge is 2.14. The molecule has 5 nitrogen and oxygen atoms in total. The zero-order valence-electron chi connectivity index (χ0n) is 9.84. The van der Waals surface area contributed by atoms with E-state index in [2.05, 4.69) is 5.10 Å². The molecular formula is C12H18N2O3. The number of aromatic nitrogens is 2. The summed E-state index contributed by atoms with van der Waals surface area (Å²) < 4.78 is 7.32. The van der Waals surface area contributed by atoms with Crippen LogP contribution >= 0.6 is 0 Å². The first-order chi connectivity index (χ1) is 8.24. The number of ether oxygens (including phenoxy) is 1. The number of aryl methyl sites for hydroxylation is 1. The fourth-order valence-corrected chi connectivity index (χ4v) is 2.10. The Kier molecular flexibility index (Phi) is 4.14. The molecule has 0 saturated carbocycles. The molecule has 2 heterocycles. The van der Waals surface area contributed by atoms with Crippen LogP contribution in [0, 0.1) is 5.92 Å². The van der Waals surface area contributed by atoms with Crippen LogP contribution in [0.5, 0.6) is 0 Å². The fraction of sp³-hybridized carbons (Fsp3) is 0.667. The molecule has 1 aromatic heterocycles. The third-order valence-electron chi connectivity index (χ3n) is 3.01. The normalized spacial score (nSPS) is 20.4. The molecule has 1 aliphatic rings. The van der Waals surface area contributed by atoms with E-state index in [-0.39, 0.29) is 6.42 Å². The first kappa shape index (κ1) is 12.1. The van der Waals surface area contributed by atoms with Gasteiger partial charge in [0.1, 0.15) is 0 Å². The van der Waals surface area contributed by atoms with Crippen molar-refractivity contribution in [2.24, 2.45) is 5.92 Å². The van der Waals surface area contributed by atoms with Crippen LogP contribution in [0.4, 0.5) is 0 Å². The second-order valence-corrected chi connectivity index (χ2v) is 4.55. The van der Waals surface area contributed by atoms with Gasteiger partial charge in [-0.1, -0.05) is 0 Å². The molecule has 0 bridgehead atoms. The lowest BCUT2D eigenvalue weighted by atomic mass is 10.0. The summed E-state index contributed by atoms with van der Waals surface area (Å²) in [5.74, 6) is -0.227. The zero-order valence-corrected chi connectivity index (χ0v) is 9.84. The molecule has 1 atom stereocenters. The van der Waals surface area contributed by atoms with Crippen LogP contribution in [0.15, 0.2) is 12.4 Å². The fourth-order valence-electron chi connectivity index (χ4n) is 2.10. The van der Waals surface area contributed by atoms with E-state index in [9.17, 15) is 4.79 Å². The van der Waals surface area contributed by atoms with Gasteiger partial charge in [0.15, 0.2) is 0 Å². The van der Waals surface area contributed by atoms with Crippen molar-refractivity contribution in [3.05, 3.63) is 18.0 Å². The van der Waals surface area contributed by atoms with Crippen molar-refractivity contribution in [1.82, 2.24) is 9.78 Å². The number of carboxylic acid groups (broad SMARTS) is 1. The minimum atomic E-state index is -0.765. The number of rotatable bonds is 5. The Labute approximate surface area is 100 Å². The maximum absolute atomic E-state index is 10.5. The minimum absolute atomic E-state index is 0.165. The van der Waals surface area contributed by atoms with Gasteiger partial charge in [-0.25, -0.2) is 0 Å². The largest absolute Gasteiger partial charge is 0.481 e. The summed E-state index contributed by atoms with van der Waals surface area (Å²) >= 11 is 0. The van der Waals surface area contributed by atoms with Crippen molar-refractivity contribution >= 4 is 5.97 Å². The quantitative estimate of drug-likeness (QED) is 0.840. The van der Waals surface area contributed by atoms with Gasteiger partial charge in [-0.3, -0.25) is 9.48 Å². The van der Waals surface area contributed by atoms with E-state index in [0.29, 0.717) is 12.3 Å². The van der Waals surface area contributed by atoms with Crippen molar-refractivity contribution < 1.29 is 14.6 Å². The molecule has 5 heteroatoms. The third kappa shape index (κ3) is 3.85. The van der Waals surface area contributed by atoms with Crippen molar-refractivity contribution in [1.29, 1.82) is 0 Å². The van der Waals surface area contributed by atoms with Gasteiger partial charge in [-0.2, -0.15) is 5.10 Å². The van der Waals surface area contributed by atoms with Gasteiger partial charge < -0.3 is 9.84 Å². The Balaban J connectivity index is 1.82. The van der Waals surface area contributed by atoms with Crippen LogP contribution in [0.1, 0.15) is 24.8 Å². The molecule has 17 heavy (non-hydrogen) atoms. The monoisotopic (exact) mass is 238 g/mol. The summed E-state index contributed by atoms with van der Waals surface area (Å²) in [6.07, 6.45) is 6.72. The lowest BCUT2D eigenvalue weighted by molar-refractivity contribution is -0.136. The van der Waals surface area contributed by atoms with Gasteiger partial charge in [0.2, 0.25) is 0 Å². The molecule has 0 aromatic carbocycles. The summed E-state index contributed by atoms with van der Waals surface area (Å²) in [7, 11) is 0. The Morgan fingerprint density at radius 1 is 1.65 bits per heavy atom. The average Bonchev–Trinajstić information content (AvgIpc) is 2.75. The van der Waals surface area contributed by atoms with Crippen molar-refractivity contribution in [3.63, 3.8) is 0 Å². The first-order valence-electron chi connectivity index (χ1n) is 6.05. The number of carbonyl (C=O) groups is 1. The number of hydrogen-bond acceptors (Lipinski definition) is 3. The highest BCUT2D eigenvalue weighted by Crippen LogP contribution is 2.15. The van der Waals surface area contributed by atoms with Crippen LogP contribution < -0.4 is 0 Å². The second kappa shape index (κ2) is 5.82. The van der Waals surface area contributed by atoms with E-state index in [1.54, 1.807) is 6.20 Å². The molecule has 1 aromatic rings. The molecular weight excluding hydrogens is 220 g/mol. The van der Waals surface area contributed by atoms with Crippen LogP contribution in [0.2, 0.25) is 0 Å². The molecule has 1 fully saturated rings. The van der Waals surface area contributed by atoms with Gasteiger partial charge in [-0.15, -0.1) is 0 Å². The van der Waals surface area contributed by atoms with Crippen LogP contribution in [0.3, 0.4) is 0 Å². The van der Waals surface area contributed by atoms with E-state index in [1.165, 1.54) is 6.42 Å². The van der Waals surface area contributed by atoms with Crippen molar-refractivity contribution in [2.75, 3.05) is 13.2 Å². The Morgan fingerprint density at radius 2 is 2.53 bits per heavy atom. The van der Waals surface area contributed by atoms with Crippen molar-refractivity contribution in [2.45, 2.75) is 32.2 Å². The lowest BCUT2D eigenvalue weighted by Gasteiger charge is -2.21. The molecule has 0 radical (unpaired) electrons. The maximum atomic E-state index is 10.5. The Bertz CT molecular complexity index is 370. The molecule has 1 saturated heterocycles. The highest BCUT2D eigenvalue weighted by molar-refractivity contribution is 5.67. The Hall–Kier alpha value is -1.36. The SMILES string of the molecule is O=C(O)CCc1cnn(C[C@@H]2CCCOC2)c1. The highest BCUT2D eigenvalue weighted by atomic mass is 16.5. The lowest BCUT2D eigenvalue weighted by Crippen LogP contribution is -2.22. The maximum Gasteiger partial charge on any atom is 0.303 e. The van der Waals surface area contributed by atoms with Gasteiger partial charge >= 0.3 is 5.97 Å². The second-order valence-electron chi connectivity index (χ2n) is 4.55. The summed E-state index contributed by atoms with van der Waals surface area (Å²) in [5.41, 5.74) is 0.990. The molecule has 1 aliphatic heterocycles. The van der Waals surface area contributed by atoms with E-state index < -0.39 is 5.97 Å². The van der Waals surface area contributed by atoms with Gasteiger partial charge in [0.25, 0.3) is 0 Å². The van der Waals surface area contributed by atoms with Gasteiger partial charge in [-0.05, 0) is 24.8 Å². The first-order valence-corrected chi connectivity index (χ1v) is 6.05. The predicted molar refractivity (Wildman–Crippen MR) is 61.7 cm³/mol. The molecule has 1 N–H and O–H groups in total. The topological polar surface area (TPSA) is 64.3 Å². The Morgan fingerprint density at radius 3 is 3.24 bits per heavy atom. The van der Waals surface area contributed by atoms with Crippen LogP contribution in [-0.2, 0) is 22.5 Å². The zero-order chi connectivity index (χ0) is 12.1. The average molecular weight is 238 g/mol. The summed E-state index contributed by atoms with van der Waals surface area (Å²) in [6, 6.07) is 0. The third-order valence-corrected chi connectivity index (χ3v) is 3.01. The minimum Gasteiger partial charge on any atom is -0.481 e. The van der Waals surface area contributed by atoms with Gasteiger partial charge in [0.05, 0.1) is 12.8 Å². The number of aliphatic carboxylic acids is 1. The smallest absolute Gasteiger partial charge is 0.303 e. The standard InChI is InChI=1S/C12H18N2O3/c15-12(16)4-3-10-6-13-14(7-10)8-11-2-1-5-17-9-11/h6-7,11H,1-5,8-9H2,(H,15,16)/t11-/m0/s1. The molecule has 2 rings (SSSR count). The molecule has 0 amide bonds. The molecule has 0 aliphatic carbocycles. The molecule has 0 spiro atoms.